The summed E-state index contributed by atoms with van der Waals surface area (Å²) in [6.07, 6.45) is 2.44. The Bertz CT molecular complexity index is 1500. The molecule has 1 atom stereocenters. The van der Waals surface area contributed by atoms with Crippen LogP contribution < -0.4 is 10.0 Å². The molecule has 9 heteroatoms. The molecule has 192 valence electrons. The summed E-state index contributed by atoms with van der Waals surface area (Å²) in [6.45, 7) is 1.96. The van der Waals surface area contributed by atoms with Crippen LogP contribution in [0.3, 0.4) is 0 Å². The van der Waals surface area contributed by atoms with Crippen LogP contribution in [0, 0.1) is 11.7 Å². The monoisotopic (exact) mass is 520 g/mol. The zero-order valence-electron chi connectivity index (χ0n) is 20.4. The van der Waals surface area contributed by atoms with Gasteiger partial charge in [0, 0.05) is 17.5 Å². The number of carbonyl (C=O) groups excluding carboxylic acids is 1. The Morgan fingerprint density at radius 3 is 2.41 bits per heavy atom. The minimum atomic E-state index is -3.76. The molecule has 1 saturated carbocycles. The summed E-state index contributed by atoms with van der Waals surface area (Å²) in [5, 5.41) is 3.08. The van der Waals surface area contributed by atoms with E-state index in [1.165, 1.54) is 18.2 Å². The normalized spacial score (nSPS) is 19.0. The highest BCUT2D eigenvalue weighted by atomic mass is 32.2. The molecular weight excluding hydrogens is 491 g/mol. The third kappa shape index (κ3) is 5.73. The first-order valence-corrected chi connectivity index (χ1v) is 13.9. The fourth-order valence-electron chi connectivity index (χ4n) is 4.81. The quantitative estimate of drug-likeness (QED) is 0.316. The minimum Gasteiger partial charge on any atom is -0.349 e. The van der Waals surface area contributed by atoms with Crippen LogP contribution in [0.2, 0.25) is 0 Å². The van der Waals surface area contributed by atoms with Gasteiger partial charge in [-0.25, -0.2) is 22.5 Å². The molecule has 0 radical (unpaired) electrons. The SMILES string of the molecule is C[C@@H](NC(=O)[C@H]1CC[C@H](NS(=O)(=O)c2ccc3[nH]c(-c4ccc(F)cc4)nc3c2)CC1)c1ccccc1. The Morgan fingerprint density at radius 1 is 1.00 bits per heavy atom. The average Bonchev–Trinajstić information content (AvgIpc) is 3.33. The van der Waals surface area contributed by atoms with Crippen molar-refractivity contribution in [2.75, 3.05) is 0 Å². The van der Waals surface area contributed by atoms with Crippen molar-refractivity contribution in [1.29, 1.82) is 0 Å². The predicted molar refractivity (Wildman–Crippen MR) is 141 cm³/mol. The van der Waals surface area contributed by atoms with Crippen molar-refractivity contribution in [3.8, 4) is 11.4 Å². The fraction of sp³-hybridized carbons (Fsp3) is 0.286. The van der Waals surface area contributed by atoms with Crippen molar-refractivity contribution >= 4 is 27.0 Å². The minimum absolute atomic E-state index is 0.0126. The summed E-state index contributed by atoms with van der Waals surface area (Å²) in [7, 11) is -3.76. The van der Waals surface area contributed by atoms with E-state index in [-0.39, 0.29) is 34.6 Å². The number of fused-ring (bicyclic) bond motifs is 1. The van der Waals surface area contributed by atoms with Gasteiger partial charge in [-0.15, -0.1) is 0 Å². The van der Waals surface area contributed by atoms with Gasteiger partial charge in [-0.1, -0.05) is 30.3 Å². The maximum absolute atomic E-state index is 13.2. The summed E-state index contributed by atoms with van der Waals surface area (Å²) >= 11 is 0. The number of aromatic nitrogens is 2. The lowest BCUT2D eigenvalue weighted by atomic mass is 9.85. The summed E-state index contributed by atoms with van der Waals surface area (Å²) in [6, 6.07) is 20.2. The maximum atomic E-state index is 13.2. The lowest BCUT2D eigenvalue weighted by Crippen LogP contribution is -2.41. The molecule has 0 aliphatic heterocycles. The lowest BCUT2D eigenvalue weighted by molar-refractivity contribution is -0.126. The highest BCUT2D eigenvalue weighted by molar-refractivity contribution is 7.89. The first-order valence-electron chi connectivity index (χ1n) is 12.4. The number of carbonyl (C=O) groups is 1. The average molecular weight is 521 g/mol. The second-order valence-electron chi connectivity index (χ2n) is 9.58. The molecule has 1 amide bonds. The van der Waals surface area contributed by atoms with Crippen LogP contribution in [-0.4, -0.2) is 30.3 Å². The van der Waals surface area contributed by atoms with Gasteiger partial charge < -0.3 is 10.3 Å². The predicted octanol–water partition coefficient (Wildman–Crippen LogP) is 5.08. The van der Waals surface area contributed by atoms with E-state index in [0.29, 0.717) is 48.1 Å². The second kappa shape index (κ2) is 10.4. The van der Waals surface area contributed by atoms with E-state index in [1.54, 1.807) is 24.3 Å². The lowest BCUT2D eigenvalue weighted by Gasteiger charge is -2.29. The van der Waals surface area contributed by atoms with Crippen molar-refractivity contribution in [1.82, 2.24) is 20.0 Å². The zero-order valence-corrected chi connectivity index (χ0v) is 21.3. The van der Waals surface area contributed by atoms with E-state index in [0.717, 1.165) is 5.56 Å². The van der Waals surface area contributed by atoms with Crippen molar-refractivity contribution < 1.29 is 17.6 Å². The number of halogens is 1. The zero-order chi connectivity index (χ0) is 26.0. The van der Waals surface area contributed by atoms with Crippen LogP contribution in [0.4, 0.5) is 4.39 Å². The molecule has 3 N–H and O–H groups in total. The summed E-state index contributed by atoms with van der Waals surface area (Å²) in [4.78, 5) is 20.5. The highest BCUT2D eigenvalue weighted by Crippen LogP contribution is 2.28. The molecular formula is C28H29FN4O3S. The highest BCUT2D eigenvalue weighted by Gasteiger charge is 2.30. The molecule has 0 spiro atoms. The summed E-state index contributed by atoms with van der Waals surface area (Å²) < 4.78 is 42.3. The van der Waals surface area contributed by atoms with Gasteiger partial charge in [0.1, 0.15) is 11.6 Å². The largest absolute Gasteiger partial charge is 0.349 e. The molecule has 4 aromatic rings. The van der Waals surface area contributed by atoms with E-state index >= 15 is 0 Å². The van der Waals surface area contributed by atoms with E-state index in [2.05, 4.69) is 20.0 Å². The number of H-pyrrole nitrogens is 1. The van der Waals surface area contributed by atoms with Gasteiger partial charge in [0.2, 0.25) is 15.9 Å². The smallest absolute Gasteiger partial charge is 0.240 e. The second-order valence-corrected chi connectivity index (χ2v) is 11.3. The summed E-state index contributed by atoms with van der Waals surface area (Å²) in [5.41, 5.74) is 2.96. The molecule has 37 heavy (non-hydrogen) atoms. The van der Waals surface area contributed by atoms with E-state index in [4.69, 9.17) is 0 Å². The number of amides is 1. The maximum Gasteiger partial charge on any atom is 0.240 e. The standard InChI is InChI=1S/C28H29FN4O3S/c1-18(19-5-3-2-4-6-19)30-28(34)21-9-13-23(14-10-21)33-37(35,36)24-15-16-25-26(17-24)32-27(31-25)20-7-11-22(29)12-8-20/h2-8,11-12,15-18,21,23,33H,9-10,13-14H2,1H3,(H,30,34)(H,31,32)/t18-,21-,23-/m1/s1. The first-order chi connectivity index (χ1) is 17.8. The van der Waals surface area contributed by atoms with Crippen molar-refractivity contribution in [3.63, 3.8) is 0 Å². The van der Waals surface area contributed by atoms with E-state index < -0.39 is 10.0 Å². The topological polar surface area (TPSA) is 104 Å². The molecule has 7 nitrogen and oxygen atoms in total. The van der Waals surface area contributed by atoms with Crippen molar-refractivity contribution in [3.05, 3.63) is 84.2 Å². The van der Waals surface area contributed by atoms with Crippen molar-refractivity contribution in [2.24, 2.45) is 5.92 Å². The van der Waals surface area contributed by atoms with Crippen LogP contribution in [0.15, 0.2) is 77.7 Å². The number of nitrogens with one attached hydrogen (secondary N) is 3. The van der Waals surface area contributed by atoms with Crippen LogP contribution in [0.5, 0.6) is 0 Å². The van der Waals surface area contributed by atoms with Gasteiger partial charge >= 0.3 is 0 Å². The Hall–Kier alpha value is -3.56. The molecule has 5 rings (SSSR count). The molecule has 0 unspecified atom stereocenters. The van der Waals surface area contributed by atoms with Crippen LogP contribution in [0.1, 0.15) is 44.2 Å². The number of hydrogen-bond acceptors (Lipinski definition) is 4. The number of aromatic amines is 1. The number of benzene rings is 3. The number of sulfonamides is 1. The van der Waals surface area contributed by atoms with Gasteiger partial charge in [0.05, 0.1) is 22.0 Å². The molecule has 0 bridgehead atoms. The van der Waals surface area contributed by atoms with Gasteiger partial charge in [-0.05, 0) is 80.6 Å². The van der Waals surface area contributed by atoms with Gasteiger partial charge in [0.15, 0.2) is 0 Å². The number of nitrogens with zero attached hydrogens (tertiary/aromatic N) is 1. The van der Waals surface area contributed by atoms with Crippen LogP contribution >= 0.6 is 0 Å². The fourth-order valence-corrected chi connectivity index (χ4v) is 6.14. The van der Waals surface area contributed by atoms with Gasteiger partial charge in [-0.3, -0.25) is 4.79 Å². The Labute approximate surface area is 215 Å². The van der Waals surface area contributed by atoms with E-state index in [9.17, 15) is 17.6 Å². The third-order valence-electron chi connectivity index (χ3n) is 6.96. The molecule has 1 aliphatic rings. The first kappa shape index (κ1) is 25.1. The van der Waals surface area contributed by atoms with Gasteiger partial charge in [0.25, 0.3) is 0 Å². The van der Waals surface area contributed by atoms with Crippen molar-refractivity contribution in [2.45, 2.75) is 49.6 Å². The number of imidazole rings is 1. The van der Waals surface area contributed by atoms with Crippen LogP contribution in [-0.2, 0) is 14.8 Å². The Kier molecular flexibility index (Phi) is 7.08. The molecule has 1 fully saturated rings. The molecule has 0 saturated heterocycles. The number of rotatable bonds is 7. The number of hydrogen-bond donors (Lipinski definition) is 3. The Morgan fingerprint density at radius 2 is 1.70 bits per heavy atom. The molecule has 1 aliphatic carbocycles. The molecule has 3 aromatic carbocycles. The van der Waals surface area contributed by atoms with Gasteiger partial charge in [-0.2, -0.15) is 0 Å². The Balaban J connectivity index is 1.20. The molecule has 1 heterocycles. The third-order valence-corrected chi connectivity index (χ3v) is 8.48. The van der Waals surface area contributed by atoms with Crippen LogP contribution in [0.25, 0.3) is 22.4 Å². The summed E-state index contributed by atoms with van der Waals surface area (Å²) in [5.74, 6) is 0.0854. The molecule has 1 aromatic heterocycles. The van der Waals surface area contributed by atoms with E-state index in [1.807, 2.05) is 37.3 Å².